The number of nitrogens with one attached hydrogen (secondary N) is 1. The Morgan fingerprint density at radius 1 is 1.19 bits per heavy atom. The molecule has 0 radical (unpaired) electrons. The van der Waals surface area contributed by atoms with E-state index in [1.807, 2.05) is 24.3 Å². The molecule has 1 heterocycles. The van der Waals surface area contributed by atoms with Gasteiger partial charge in [-0.25, -0.2) is 9.59 Å². The number of carbonyl (C=O) groups is 2. The molecule has 26 heavy (non-hydrogen) atoms. The average Bonchev–Trinajstić information content (AvgIpc) is 3.02. The first-order valence-electron chi connectivity index (χ1n) is 8.69. The lowest BCUT2D eigenvalue weighted by molar-refractivity contribution is -0.146. The molecule has 1 aromatic rings. The summed E-state index contributed by atoms with van der Waals surface area (Å²) in [5.74, 6) is 0.346. The number of nitrogens with zero attached hydrogens (tertiary/aromatic N) is 1. The van der Waals surface area contributed by atoms with Crippen LogP contribution in [-0.4, -0.2) is 55.4 Å². The molecule has 1 amide bonds. The zero-order valence-electron chi connectivity index (χ0n) is 16.1. The van der Waals surface area contributed by atoms with Gasteiger partial charge in [-0.3, -0.25) is 4.90 Å². The highest BCUT2D eigenvalue weighted by Gasteiger charge is 2.44. The predicted molar refractivity (Wildman–Crippen MR) is 97.0 cm³/mol. The maximum absolute atomic E-state index is 12.4. The molecule has 0 aromatic heterocycles. The molecule has 1 aliphatic heterocycles. The van der Waals surface area contributed by atoms with Crippen molar-refractivity contribution in [2.75, 3.05) is 20.8 Å². The number of rotatable bonds is 5. The largest absolute Gasteiger partial charge is 0.497 e. The van der Waals surface area contributed by atoms with Crippen LogP contribution >= 0.6 is 0 Å². The van der Waals surface area contributed by atoms with Crippen molar-refractivity contribution in [3.05, 3.63) is 29.8 Å². The molecule has 0 aliphatic carbocycles. The summed E-state index contributed by atoms with van der Waals surface area (Å²) in [5, 5.41) is 3.36. The van der Waals surface area contributed by atoms with Crippen molar-refractivity contribution < 1.29 is 23.8 Å². The van der Waals surface area contributed by atoms with Crippen LogP contribution in [0, 0.1) is 0 Å². The first-order chi connectivity index (χ1) is 12.2. The first kappa shape index (κ1) is 20.0. The van der Waals surface area contributed by atoms with E-state index >= 15 is 0 Å². The summed E-state index contributed by atoms with van der Waals surface area (Å²) in [6.07, 6.45) is 0.150. The molecule has 7 heteroatoms. The van der Waals surface area contributed by atoms with E-state index in [2.05, 4.69) is 5.32 Å². The Morgan fingerprint density at radius 2 is 1.85 bits per heavy atom. The van der Waals surface area contributed by atoms with Gasteiger partial charge in [0.25, 0.3) is 0 Å². The molecule has 1 unspecified atom stereocenters. The van der Waals surface area contributed by atoms with Crippen molar-refractivity contribution in [1.82, 2.24) is 10.2 Å². The minimum absolute atomic E-state index is 0.197. The van der Waals surface area contributed by atoms with E-state index in [9.17, 15) is 9.59 Å². The van der Waals surface area contributed by atoms with Crippen LogP contribution in [-0.2, 0) is 20.8 Å². The van der Waals surface area contributed by atoms with Gasteiger partial charge in [-0.1, -0.05) is 12.1 Å². The zero-order valence-corrected chi connectivity index (χ0v) is 16.1. The number of amides is 1. The summed E-state index contributed by atoms with van der Waals surface area (Å²) in [4.78, 5) is 26.2. The van der Waals surface area contributed by atoms with Crippen LogP contribution in [0.1, 0.15) is 32.8 Å². The van der Waals surface area contributed by atoms with Gasteiger partial charge >= 0.3 is 12.1 Å². The third-order valence-corrected chi connectivity index (χ3v) is 4.20. The molecule has 0 saturated carbocycles. The maximum Gasteiger partial charge on any atom is 0.411 e. The summed E-state index contributed by atoms with van der Waals surface area (Å²) in [7, 11) is 2.95. The van der Waals surface area contributed by atoms with E-state index in [1.165, 1.54) is 12.0 Å². The summed E-state index contributed by atoms with van der Waals surface area (Å²) in [6.45, 7) is 6.41. The normalized spacial score (nSPS) is 20.0. The molecule has 144 valence electrons. The lowest BCUT2D eigenvalue weighted by Gasteiger charge is -2.29. The Bertz CT molecular complexity index is 624. The second kappa shape index (κ2) is 8.40. The van der Waals surface area contributed by atoms with E-state index in [4.69, 9.17) is 14.2 Å². The summed E-state index contributed by atoms with van der Waals surface area (Å²) in [5.41, 5.74) is 0.442. The van der Waals surface area contributed by atoms with Crippen molar-refractivity contribution in [2.45, 2.75) is 51.4 Å². The van der Waals surface area contributed by atoms with E-state index in [0.29, 0.717) is 19.5 Å². The summed E-state index contributed by atoms with van der Waals surface area (Å²) < 4.78 is 15.5. The number of hydrogen-bond acceptors (Lipinski definition) is 6. The number of benzene rings is 1. The van der Waals surface area contributed by atoms with Gasteiger partial charge < -0.3 is 19.5 Å². The molecule has 0 spiro atoms. The summed E-state index contributed by atoms with van der Waals surface area (Å²) in [6, 6.07) is 6.79. The Hall–Kier alpha value is -2.28. The molecular weight excluding hydrogens is 336 g/mol. The lowest BCUT2D eigenvalue weighted by atomic mass is 10.1. The Labute approximate surface area is 154 Å². The Kier molecular flexibility index (Phi) is 6.47. The van der Waals surface area contributed by atoms with Gasteiger partial charge in [0, 0.05) is 19.1 Å². The van der Waals surface area contributed by atoms with Gasteiger partial charge in [-0.15, -0.1) is 0 Å². The molecule has 0 bridgehead atoms. The smallest absolute Gasteiger partial charge is 0.411 e. The third-order valence-electron chi connectivity index (χ3n) is 4.20. The van der Waals surface area contributed by atoms with Gasteiger partial charge in [0.2, 0.25) is 0 Å². The molecule has 2 rings (SSSR count). The van der Waals surface area contributed by atoms with Gasteiger partial charge in [0.05, 0.1) is 14.2 Å². The SMILES string of the molecule is COC(=O)C1[C@@H](NCc2ccc(OC)cc2)CCN1C(=O)OC(C)(C)C. The van der Waals surface area contributed by atoms with Crippen molar-refractivity contribution in [3.63, 3.8) is 0 Å². The second-order valence-corrected chi connectivity index (χ2v) is 7.27. The fourth-order valence-corrected chi connectivity index (χ4v) is 2.94. The molecule has 2 atom stereocenters. The van der Waals surface area contributed by atoms with Crippen LogP contribution in [0.3, 0.4) is 0 Å². The molecule has 1 saturated heterocycles. The number of ether oxygens (including phenoxy) is 3. The molecule has 1 aromatic carbocycles. The fraction of sp³-hybridized carbons (Fsp3) is 0.579. The van der Waals surface area contributed by atoms with Crippen LogP contribution in [0.25, 0.3) is 0 Å². The predicted octanol–water partition coefficient (Wildman–Crippen LogP) is 2.34. The van der Waals surface area contributed by atoms with Crippen molar-refractivity contribution in [3.8, 4) is 5.75 Å². The molecule has 1 N–H and O–H groups in total. The molecular formula is C19H28N2O5. The lowest BCUT2D eigenvalue weighted by Crippen LogP contribution is -2.51. The highest BCUT2D eigenvalue weighted by Crippen LogP contribution is 2.23. The summed E-state index contributed by atoms with van der Waals surface area (Å²) >= 11 is 0. The van der Waals surface area contributed by atoms with E-state index in [0.717, 1.165) is 11.3 Å². The average molecular weight is 364 g/mol. The van der Waals surface area contributed by atoms with Crippen LogP contribution in [0.15, 0.2) is 24.3 Å². The topological polar surface area (TPSA) is 77.1 Å². The number of methoxy groups -OCH3 is 2. The standard InChI is InChI=1S/C19H28N2O5/c1-19(2,3)26-18(23)21-11-10-15(16(21)17(22)25-5)20-12-13-6-8-14(24-4)9-7-13/h6-9,15-16,20H,10-12H2,1-5H3/t15-,16?/m0/s1. The van der Waals surface area contributed by atoms with Crippen LogP contribution < -0.4 is 10.1 Å². The van der Waals surface area contributed by atoms with E-state index < -0.39 is 23.7 Å². The molecule has 7 nitrogen and oxygen atoms in total. The van der Waals surface area contributed by atoms with Crippen molar-refractivity contribution in [1.29, 1.82) is 0 Å². The highest BCUT2D eigenvalue weighted by atomic mass is 16.6. The van der Waals surface area contributed by atoms with Crippen molar-refractivity contribution in [2.24, 2.45) is 0 Å². The number of likely N-dealkylation sites (tertiary alicyclic amines) is 1. The number of hydrogen-bond donors (Lipinski definition) is 1. The minimum Gasteiger partial charge on any atom is -0.497 e. The maximum atomic E-state index is 12.4. The number of esters is 1. The van der Waals surface area contributed by atoms with Gasteiger partial charge in [-0.2, -0.15) is 0 Å². The first-order valence-corrected chi connectivity index (χ1v) is 8.69. The van der Waals surface area contributed by atoms with E-state index in [-0.39, 0.29) is 6.04 Å². The second-order valence-electron chi connectivity index (χ2n) is 7.27. The molecule has 1 aliphatic rings. The van der Waals surface area contributed by atoms with Gasteiger partial charge in [0.15, 0.2) is 0 Å². The van der Waals surface area contributed by atoms with Crippen molar-refractivity contribution >= 4 is 12.1 Å². The third kappa shape index (κ3) is 5.11. The van der Waals surface area contributed by atoms with Gasteiger partial charge in [0.1, 0.15) is 17.4 Å². The van der Waals surface area contributed by atoms with E-state index in [1.54, 1.807) is 27.9 Å². The minimum atomic E-state index is -0.701. The molecule has 1 fully saturated rings. The number of carbonyl (C=O) groups excluding carboxylic acids is 2. The Morgan fingerprint density at radius 3 is 2.38 bits per heavy atom. The zero-order chi connectivity index (χ0) is 19.3. The fourth-order valence-electron chi connectivity index (χ4n) is 2.94. The quantitative estimate of drug-likeness (QED) is 0.808. The highest BCUT2D eigenvalue weighted by molar-refractivity contribution is 5.83. The van der Waals surface area contributed by atoms with Crippen LogP contribution in [0.4, 0.5) is 4.79 Å². The van der Waals surface area contributed by atoms with Gasteiger partial charge in [-0.05, 0) is 44.9 Å². The van der Waals surface area contributed by atoms with Crippen LogP contribution in [0.5, 0.6) is 5.75 Å². The Balaban J connectivity index is 2.04. The van der Waals surface area contributed by atoms with Crippen LogP contribution in [0.2, 0.25) is 0 Å². The monoisotopic (exact) mass is 364 g/mol.